The normalized spacial score (nSPS) is 16.1. The largest absolute Gasteiger partial charge is 0.368 e. The Balaban J connectivity index is 1.60. The van der Waals surface area contributed by atoms with Crippen LogP contribution in [0.5, 0.6) is 0 Å². The van der Waals surface area contributed by atoms with Crippen LogP contribution >= 0.6 is 0 Å². The number of ether oxygens (including phenoxy) is 1. The Hall–Kier alpha value is -1.95. The van der Waals surface area contributed by atoms with E-state index in [0.29, 0.717) is 5.69 Å². The van der Waals surface area contributed by atoms with E-state index in [-0.39, 0.29) is 18.6 Å². The van der Waals surface area contributed by atoms with Crippen LogP contribution < -0.4 is 5.32 Å². The lowest BCUT2D eigenvalue weighted by atomic mass is 9.98. The van der Waals surface area contributed by atoms with Crippen LogP contribution in [0.15, 0.2) is 12.3 Å². The van der Waals surface area contributed by atoms with Crippen LogP contribution in [0.1, 0.15) is 37.8 Å². The van der Waals surface area contributed by atoms with Gasteiger partial charge in [0.25, 0.3) is 0 Å². The molecule has 1 amide bonds. The first-order valence-corrected chi connectivity index (χ1v) is 7.84. The summed E-state index contributed by atoms with van der Waals surface area (Å²) in [5, 5.41) is 8.12. The van der Waals surface area contributed by atoms with Crippen molar-refractivity contribution in [3.05, 3.63) is 18.0 Å². The molecule has 1 saturated carbocycles. The Morgan fingerprint density at radius 1 is 1.41 bits per heavy atom. The molecule has 0 spiro atoms. The lowest BCUT2D eigenvalue weighted by Crippen LogP contribution is -2.24. The molecule has 0 radical (unpaired) electrons. The van der Waals surface area contributed by atoms with Gasteiger partial charge < -0.3 is 10.1 Å². The highest BCUT2D eigenvalue weighted by molar-refractivity contribution is 5.93. The second kappa shape index (κ2) is 6.44. The van der Waals surface area contributed by atoms with E-state index in [9.17, 15) is 4.79 Å². The number of carbonyl (C=O) groups excluding carboxylic acids is 1. The second-order valence-electron chi connectivity index (χ2n) is 5.92. The summed E-state index contributed by atoms with van der Waals surface area (Å²) in [5.74, 6) is -0.131. The number of amides is 1. The van der Waals surface area contributed by atoms with E-state index in [1.54, 1.807) is 10.9 Å². The molecule has 3 rings (SSSR count). The second-order valence-corrected chi connectivity index (χ2v) is 5.92. The third-order valence-corrected chi connectivity index (χ3v) is 4.15. The molecule has 0 atom stereocenters. The zero-order valence-electron chi connectivity index (χ0n) is 13.1. The van der Waals surface area contributed by atoms with Gasteiger partial charge in [-0.05, 0) is 25.8 Å². The minimum Gasteiger partial charge on any atom is -0.368 e. The monoisotopic (exact) mass is 302 g/mol. The van der Waals surface area contributed by atoms with E-state index >= 15 is 0 Å². The van der Waals surface area contributed by atoms with Crippen molar-refractivity contribution in [2.75, 3.05) is 11.9 Å². The number of carbonyl (C=O) groups is 1. The fourth-order valence-corrected chi connectivity index (χ4v) is 3.00. The topological polar surface area (TPSA) is 69.0 Å². The summed E-state index contributed by atoms with van der Waals surface area (Å²) in [4.78, 5) is 16.3. The van der Waals surface area contributed by atoms with Gasteiger partial charge in [0.2, 0.25) is 5.91 Å². The Morgan fingerprint density at radius 2 is 2.18 bits per heavy atom. The van der Waals surface area contributed by atoms with Crippen molar-refractivity contribution in [2.45, 2.75) is 45.1 Å². The SMILES string of the molecule is Cc1nn(C)c2ncc(NC(=O)COC3CCCCC3)cc12. The summed E-state index contributed by atoms with van der Waals surface area (Å²) in [6, 6.07) is 1.91. The zero-order chi connectivity index (χ0) is 15.5. The molecule has 6 heteroatoms. The molecule has 0 bridgehead atoms. The van der Waals surface area contributed by atoms with Gasteiger partial charge in [-0.25, -0.2) is 4.98 Å². The van der Waals surface area contributed by atoms with E-state index in [2.05, 4.69) is 15.4 Å². The van der Waals surface area contributed by atoms with E-state index < -0.39 is 0 Å². The smallest absolute Gasteiger partial charge is 0.250 e. The number of fused-ring (bicyclic) bond motifs is 1. The van der Waals surface area contributed by atoms with E-state index in [1.807, 2.05) is 20.0 Å². The Bertz CT molecular complexity index is 674. The van der Waals surface area contributed by atoms with Crippen molar-refractivity contribution in [3.8, 4) is 0 Å². The van der Waals surface area contributed by atoms with E-state index in [0.717, 1.165) is 29.6 Å². The number of hydrogen-bond donors (Lipinski definition) is 1. The fraction of sp³-hybridized carbons (Fsp3) is 0.562. The van der Waals surface area contributed by atoms with Crippen LogP contribution in [0, 0.1) is 6.92 Å². The molecule has 22 heavy (non-hydrogen) atoms. The van der Waals surface area contributed by atoms with Gasteiger partial charge in [-0.1, -0.05) is 19.3 Å². The number of nitrogens with zero attached hydrogens (tertiary/aromatic N) is 3. The van der Waals surface area contributed by atoms with Crippen molar-refractivity contribution in [1.29, 1.82) is 0 Å². The summed E-state index contributed by atoms with van der Waals surface area (Å²) < 4.78 is 7.42. The molecule has 2 heterocycles. The summed E-state index contributed by atoms with van der Waals surface area (Å²) in [6.07, 6.45) is 7.70. The highest BCUT2D eigenvalue weighted by Gasteiger charge is 2.15. The summed E-state index contributed by atoms with van der Waals surface area (Å²) in [6.45, 7) is 2.04. The van der Waals surface area contributed by atoms with E-state index in [4.69, 9.17) is 4.74 Å². The molecule has 0 saturated heterocycles. The van der Waals surface area contributed by atoms with Gasteiger partial charge in [-0.3, -0.25) is 9.48 Å². The van der Waals surface area contributed by atoms with Crippen molar-refractivity contribution in [1.82, 2.24) is 14.8 Å². The first kappa shape index (κ1) is 15.0. The van der Waals surface area contributed by atoms with Crippen LogP contribution in [0.3, 0.4) is 0 Å². The van der Waals surface area contributed by atoms with Crippen molar-refractivity contribution < 1.29 is 9.53 Å². The van der Waals surface area contributed by atoms with Gasteiger partial charge in [0.05, 0.1) is 23.7 Å². The Morgan fingerprint density at radius 3 is 2.95 bits per heavy atom. The number of anilines is 1. The molecular weight excluding hydrogens is 280 g/mol. The highest BCUT2D eigenvalue weighted by Crippen LogP contribution is 2.21. The first-order chi connectivity index (χ1) is 10.6. The van der Waals surface area contributed by atoms with Gasteiger partial charge >= 0.3 is 0 Å². The zero-order valence-corrected chi connectivity index (χ0v) is 13.1. The predicted octanol–water partition coefficient (Wildman–Crippen LogP) is 2.56. The summed E-state index contributed by atoms with van der Waals surface area (Å²) in [7, 11) is 1.86. The maximum atomic E-state index is 12.0. The number of rotatable bonds is 4. The number of pyridine rings is 1. The van der Waals surface area contributed by atoms with Crippen molar-refractivity contribution in [3.63, 3.8) is 0 Å². The third kappa shape index (κ3) is 3.27. The Kier molecular flexibility index (Phi) is 4.38. The Labute approximate surface area is 129 Å². The van der Waals surface area contributed by atoms with Gasteiger partial charge in [0, 0.05) is 12.4 Å². The molecule has 2 aromatic rings. The molecule has 1 aliphatic carbocycles. The quantitative estimate of drug-likeness (QED) is 0.942. The molecule has 1 fully saturated rings. The summed E-state index contributed by atoms with van der Waals surface area (Å²) in [5.41, 5.74) is 2.40. The van der Waals surface area contributed by atoms with Crippen LogP contribution in [0.2, 0.25) is 0 Å². The van der Waals surface area contributed by atoms with Crippen LogP contribution in [-0.4, -0.2) is 33.4 Å². The molecule has 0 aromatic carbocycles. The van der Waals surface area contributed by atoms with Gasteiger partial charge in [0.15, 0.2) is 5.65 Å². The third-order valence-electron chi connectivity index (χ3n) is 4.15. The average molecular weight is 302 g/mol. The lowest BCUT2D eigenvalue weighted by Gasteiger charge is -2.21. The molecule has 1 aliphatic rings. The minimum atomic E-state index is -0.131. The molecule has 0 aliphatic heterocycles. The van der Waals surface area contributed by atoms with E-state index in [1.165, 1.54) is 19.3 Å². The molecule has 1 N–H and O–H groups in total. The fourth-order valence-electron chi connectivity index (χ4n) is 3.00. The number of hydrogen-bond acceptors (Lipinski definition) is 4. The number of aryl methyl sites for hydroxylation is 2. The maximum absolute atomic E-state index is 12.0. The van der Waals surface area contributed by atoms with Gasteiger partial charge in [-0.2, -0.15) is 5.10 Å². The van der Waals surface area contributed by atoms with Gasteiger partial charge in [-0.15, -0.1) is 0 Å². The highest BCUT2D eigenvalue weighted by atomic mass is 16.5. The molecule has 2 aromatic heterocycles. The molecule has 6 nitrogen and oxygen atoms in total. The lowest BCUT2D eigenvalue weighted by molar-refractivity contribution is -0.123. The maximum Gasteiger partial charge on any atom is 0.250 e. The standard InChI is InChI=1S/C16H22N4O2/c1-11-14-8-12(9-17-16(14)20(2)19-11)18-15(21)10-22-13-6-4-3-5-7-13/h8-9,13H,3-7,10H2,1-2H3,(H,18,21). The van der Waals surface area contributed by atoms with Crippen molar-refractivity contribution >= 4 is 22.6 Å². The first-order valence-electron chi connectivity index (χ1n) is 7.84. The predicted molar refractivity (Wildman–Crippen MR) is 84.7 cm³/mol. The van der Waals surface area contributed by atoms with Crippen LogP contribution in [0.4, 0.5) is 5.69 Å². The molecule has 118 valence electrons. The summed E-state index contributed by atoms with van der Waals surface area (Å²) >= 11 is 0. The average Bonchev–Trinajstić information content (AvgIpc) is 2.81. The van der Waals surface area contributed by atoms with Crippen molar-refractivity contribution in [2.24, 2.45) is 7.05 Å². The minimum absolute atomic E-state index is 0.106. The van der Waals surface area contributed by atoms with Crippen LogP contribution in [-0.2, 0) is 16.6 Å². The molecule has 0 unspecified atom stereocenters. The van der Waals surface area contributed by atoms with Crippen LogP contribution in [0.25, 0.3) is 11.0 Å². The number of nitrogens with one attached hydrogen (secondary N) is 1. The number of aromatic nitrogens is 3. The molecular formula is C16H22N4O2. The van der Waals surface area contributed by atoms with Gasteiger partial charge in [0.1, 0.15) is 6.61 Å².